The van der Waals surface area contributed by atoms with Gasteiger partial charge in [-0.2, -0.15) is 5.10 Å². The van der Waals surface area contributed by atoms with Gasteiger partial charge >= 0.3 is 0 Å². The smallest absolute Gasteiger partial charge is 0.154 e. The first-order valence-electron chi connectivity index (χ1n) is 4.54. The van der Waals surface area contributed by atoms with Crippen LogP contribution >= 0.6 is 11.6 Å². The second-order valence-electron chi connectivity index (χ2n) is 3.41. The number of nitrogens with zero attached hydrogens (tertiary/aromatic N) is 1. The highest BCUT2D eigenvalue weighted by Crippen LogP contribution is 2.23. The van der Waals surface area contributed by atoms with Crippen molar-refractivity contribution in [2.75, 3.05) is 13.6 Å². The summed E-state index contributed by atoms with van der Waals surface area (Å²) in [6.07, 6.45) is 0.930. The summed E-state index contributed by atoms with van der Waals surface area (Å²) < 4.78 is 0. The fourth-order valence-electron chi connectivity index (χ4n) is 1.32. The minimum absolute atomic E-state index is 0.451. The third kappa shape index (κ3) is 2.45. The Morgan fingerprint density at radius 2 is 2.23 bits per heavy atom. The number of rotatable bonds is 4. The normalized spacial score (nSPS) is 11.2. The Bertz CT molecular complexity index is 268. The van der Waals surface area contributed by atoms with E-state index in [0.717, 1.165) is 24.2 Å². The van der Waals surface area contributed by atoms with Gasteiger partial charge in [-0.05, 0) is 25.9 Å². The van der Waals surface area contributed by atoms with Gasteiger partial charge < -0.3 is 5.32 Å². The molecule has 0 atom stereocenters. The van der Waals surface area contributed by atoms with Crippen LogP contribution in [0.15, 0.2) is 0 Å². The standard InChI is InChI=1S/C9H16ClN3/c1-6(2)8-7(4-5-11-3)9(10)13-12-8/h6,11H,4-5H2,1-3H3,(H,12,13). The van der Waals surface area contributed by atoms with Crippen LogP contribution in [0.25, 0.3) is 0 Å². The van der Waals surface area contributed by atoms with Crippen LogP contribution in [0.3, 0.4) is 0 Å². The molecule has 0 aromatic carbocycles. The Balaban J connectivity index is 2.82. The monoisotopic (exact) mass is 201 g/mol. The van der Waals surface area contributed by atoms with Gasteiger partial charge in [0.05, 0.1) is 0 Å². The first kappa shape index (κ1) is 10.5. The molecule has 0 amide bonds. The van der Waals surface area contributed by atoms with Crippen LogP contribution in [0.4, 0.5) is 0 Å². The number of H-pyrrole nitrogens is 1. The van der Waals surface area contributed by atoms with Crippen molar-refractivity contribution >= 4 is 11.6 Å². The van der Waals surface area contributed by atoms with Crippen LogP contribution in [-0.4, -0.2) is 23.8 Å². The lowest BCUT2D eigenvalue weighted by Gasteiger charge is -2.05. The molecule has 1 aromatic rings. The molecule has 13 heavy (non-hydrogen) atoms. The van der Waals surface area contributed by atoms with Crippen molar-refractivity contribution in [1.82, 2.24) is 15.5 Å². The molecule has 0 spiro atoms. The summed E-state index contributed by atoms with van der Waals surface area (Å²) in [6.45, 7) is 5.19. The summed E-state index contributed by atoms with van der Waals surface area (Å²) in [5.74, 6) is 0.451. The number of hydrogen-bond donors (Lipinski definition) is 2. The van der Waals surface area contributed by atoms with Crippen LogP contribution in [0.5, 0.6) is 0 Å². The van der Waals surface area contributed by atoms with Crippen LogP contribution in [0.1, 0.15) is 31.0 Å². The topological polar surface area (TPSA) is 40.7 Å². The Hall–Kier alpha value is -0.540. The lowest BCUT2D eigenvalue weighted by molar-refractivity contribution is 0.757. The summed E-state index contributed by atoms with van der Waals surface area (Å²) in [6, 6.07) is 0. The van der Waals surface area contributed by atoms with E-state index in [-0.39, 0.29) is 0 Å². The number of likely N-dealkylation sites (N-methyl/N-ethyl adjacent to an activating group) is 1. The first-order chi connectivity index (χ1) is 6.16. The predicted molar refractivity (Wildman–Crippen MR) is 55.3 cm³/mol. The van der Waals surface area contributed by atoms with Crippen molar-refractivity contribution in [1.29, 1.82) is 0 Å². The molecular formula is C9H16ClN3. The third-order valence-electron chi connectivity index (χ3n) is 2.05. The Labute approximate surface area is 83.9 Å². The zero-order chi connectivity index (χ0) is 9.84. The molecule has 1 heterocycles. The number of halogens is 1. The lowest BCUT2D eigenvalue weighted by atomic mass is 10.0. The predicted octanol–water partition coefficient (Wildman–Crippen LogP) is 1.95. The van der Waals surface area contributed by atoms with Crippen LogP contribution < -0.4 is 5.32 Å². The number of aromatic nitrogens is 2. The Morgan fingerprint density at radius 1 is 1.54 bits per heavy atom. The summed E-state index contributed by atoms with van der Waals surface area (Å²) in [5, 5.41) is 10.7. The van der Waals surface area contributed by atoms with E-state index in [9.17, 15) is 0 Å². The van der Waals surface area contributed by atoms with E-state index in [1.807, 2.05) is 7.05 Å². The zero-order valence-electron chi connectivity index (χ0n) is 8.32. The van der Waals surface area contributed by atoms with Crippen molar-refractivity contribution < 1.29 is 0 Å². The molecular weight excluding hydrogens is 186 g/mol. The van der Waals surface area contributed by atoms with E-state index < -0.39 is 0 Å². The maximum atomic E-state index is 5.95. The first-order valence-corrected chi connectivity index (χ1v) is 4.91. The van der Waals surface area contributed by atoms with Crippen molar-refractivity contribution in [2.24, 2.45) is 0 Å². The molecule has 0 saturated heterocycles. The molecule has 0 radical (unpaired) electrons. The zero-order valence-corrected chi connectivity index (χ0v) is 9.07. The van der Waals surface area contributed by atoms with E-state index in [4.69, 9.17) is 11.6 Å². The molecule has 2 N–H and O–H groups in total. The van der Waals surface area contributed by atoms with Gasteiger partial charge in [-0.15, -0.1) is 0 Å². The largest absolute Gasteiger partial charge is 0.319 e. The second kappa shape index (κ2) is 4.63. The van der Waals surface area contributed by atoms with Gasteiger partial charge in [0, 0.05) is 11.3 Å². The SMILES string of the molecule is CNCCc1c(Cl)n[nH]c1C(C)C. The average molecular weight is 202 g/mol. The van der Waals surface area contributed by atoms with Crippen molar-refractivity contribution in [3.05, 3.63) is 16.4 Å². The van der Waals surface area contributed by atoms with E-state index >= 15 is 0 Å². The Kier molecular flexibility index (Phi) is 3.75. The summed E-state index contributed by atoms with van der Waals surface area (Å²) >= 11 is 5.95. The van der Waals surface area contributed by atoms with Gasteiger partial charge in [0.15, 0.2) is 5.15 Å². The highest BCUT2D eigenvalue weighted by molar-refractivity contribution is 6.30. The molecule has 4 heteroatoms. The van der Waals surface area contributed by atoms with Gasteiger partial charge in [0.25, 0.3) is 0 Å². The minimum atomic E-state index is 0.451. The number of hydrogen-bond acceptors (Lipinski definition) is 2. The molecule has 0 fully saturated rings. The van der Waals surface area contributed by atoms with Gasteiger partial charge in [-0.1, -0.05) is 25.4 Å². The summed E-state index contributed by atoms with van der Waals surface area (Å²) in [5.41, 5.74) is 2.30. The van der Waals surface area contributed by atoms with Gasteiger partial charge in [0.1, 0.15) is 0 Å². The van der Waals surface area contributed by atoms with Crippen LogP contribution in [0.2, 0.25) is 5.15 Å². The molecule has 0 aliphatic carbocycles. The van der Waals surface area contributed by atoms with E-state index in [1.165, 1.54) is 0 Å². The highest BCUT2D eigenvalue weighted by atomic mass is 35.5. The Morgan fingerprint density at radius 3 is 2.77 bits per heavy atom. The van der Waals surface area contributed by atoms with Gasteiger partial charge in [0.2, 0.25) is 0 Å². The second-order valence-corrected chi connectivity index (χ2v) is 3.77. The van der Waals surface area contributed by atoms with Gasteiger partial charge in [-0.3, -0.25) is 5.10 Å². The molecule has 1 rings (SSSR count). The molecule has 0 aliphatic rings. The average Bonchev–Trinajstić information content (AvgIpc) is 2.43. The van der Waals surface area contributed by atoms with E-state index in [2.05, 4.69) is 29.4 Å². The minimum Gasteiger partial charge on any atom is -0.319 e. The molecule has 0 aliphatic heterocycles. The molecule has 0 saturated carbocycles. The quantitative estimate of drug-likeness (QED) is 0.782. The fraction of sp³-hybridized carbons (Fsp3) is 0.667. The molecule has 0 bridgehead atoms. The fourth-order valence-corrected chi connectivity index (χ4v) is 1.56. The van der Waals surface area contributed by atoms with Crippen LogP contribution in [0, 0.1) is 0 Å². The van der Waals surface area contributed by atoms with Crippen molar-refractivity contribution in [2.45, 2.75) is 26.2 Å². The van der Waals surface area contributed by atoms with E-state index in [1.54, 1.807) is 0 Å². The number of nitrogens with one attached hydrogen (secondary N) is 2. The van der Waals surface area contributed by atoms with Crippen molar-refractivity contribution in [3.8, 4) is 0 Å². The third-order valence-corrected chi connectivity index (χ3v) is 2.36. The van der Waals surface area contributed by atoms with Gasteiger partial charge in [-0.25, -0.2) is 0 Å². The summed E-state index contributed by atoms with van der Waals surface area (Å²) in [4.78, 5) is 0. The lowest BCUT2D eigenvalue weighted by Crippen LogP contribution is -2.11. The van der Waals surface area contributed by atoms with Crippen molar-refractivity contribution in [3.63, 3.8) is 0 Å². The van der Waals surface area contributed by atoms with E-state index in [0.29, 0.717) is 11.1 Å². The molecule has 3 nitrogen and oxygen atoms in total. The maximum absolute atomic E-state index is 5.95. The number of aromatic amines is 1. The molecule has 0 unspecified atom stereocenters. The highest BCUT2D eigenvalue weighted by Gasteiger charge is 2.13. The van der Waals surface area contributed by atoms with Crippen LogP contribution in [-0.2, 0) is 6.42 Å². The molecule has 74 valence electrons. The molecule has 1 aromatic heterocycles. The maximum Gasteiger partial charge on any atom is 0.154 e. The summed E-state index contributed by atoms with van der Waals surface area (Å²) in [7, 11) is 1.93.